The van der Waals surface area contributed by atoms with Crippen LogP contribution in [0.4, 0.5) is 5.82 Å². The summed E-state index contributed by atoms with van der Waals surface area (Å²) in [5.41, 5.74) is 0. The first-order valence-electron chi connectivity index (χ1n) is 10.2. The third kappa shape index (κ3) is 6.48. The lowest BCUT2D eigenvalue weighted by atomic mass is 10.0. The first-order chi connectivity index (χ1) is 12.8. The number of aliphatic imine (C=N–C) groups is 1. The number of piperidine rings is 1. The smallest absolute Gasteiger partial charge is 0.194 e. The molecule has 0 radical (unpaired) electrons. The molecule has 0 aliphatic carbocycles. The van der Waals surface area contributed by atoms with Gasteiger partial charge in [-0.3, -0.25) is 9.89 Å². The molecule has 0 spiro atoms. The summed E-state index contributed by atoms with van der Waals surface area (Å²) in [6.45, 7) is 12.6. The van der Waals surface area contributed by atoms with Gasteiger partial charge in [-0.15, -0.1) is 24.0 Å². The Labute approximate surface area is 181 Å². The maximum Gasteiger partial charge on any atom is 0.194 e. The Hall–Kier alpha value is -1.09. The Morgan fingerprint density at radius 1 is 1.19 bits per heavy atom. The van der Waals surface area contributed by atoms with Crippen molar-refractivity contribution in [1.29, 1.82) is 0 Å². The van der Waals surface area contributed by atoms with E-state index in [9.17, 15) is 0 Å². The molecule has 0 amide bonds. The van der Waals surface area contributed by atoms with Crippen LogP contribution < -0.4 is 10.2 Å². The molecule has 1 unspecified atom stereocenters. The van der Waals surface area contributed by atoms with Gasteiger partial charge >= 0.3 is 0 Å². The highest BCUT2D eigenvalue weighted by molar-refractivity contribution is 14.0. The summed E-state index contributed by atoms with van der Waals surface area (Å²) in [5, 5.41) is 3.48. The van der Waals surface area contributed by atoms with Gasteiger partial charge in [-0.05, 0) is 45.4 Å². The molecule has 1 atom stereocenters. The molecule has 27 heavy (non-hydrogen) atoms. The fourth-order valence-electron chi connectivity index (χ4n) is 3.89. The first-order valence-corrected chi connectivity index (χ1v) is 10.2. The van der Waals surface area contributed by atoms with Crippen LogP contribution in [0.15, 0.2) is 29.4 Å². The van der Waals surface area contributed by atoms with Crippen molar-refractivity contribution >= 4 is 35.8 Å². The maximum atomic E-state index is 4.92. The summed E-state index contributed by atoms with van der Waals surface area (Å²) in [5.74, 6) is 2.14. The van der Waals surface area contributed by atoms with Gasteiger partial charge in [0, 0.05) is 51.5 Å². The molecule has 152 valence electrons. The van der Waals surface area contributed by atoms with E-state index in [0.29, 0.717) is 6.04 Å². The fourth-order valence-corrected chi connectivity index (χ4v) is 3.89. The molecule has 0 bridgehead atoms. The topological polar surface area (TPSA) is 47.0 Å². The average molecular weight is 486 g/mol. The highest BCUT2D eigenvalue weighted by Gasteiger charge is 2.21. The molecular formula is C20H35IN6. The number of rotatable bonds is 5. The van der Waals surface area contributed by atoms with Crippen molar-refractivity contribution in [2.24, 2.45) is 4.99 Å². The zero-order valence-corrected chi connectivity index (χ0v) is 19.1. The Bertz CT molecular complexity index is 559. The van der Waals surface area contributed by atoms with Gasteiger partial charge in [0.1, 0.15) is 5.82 Å². The van der Waals surface area contributed by atoms with Crippen molar-refractivity contribution in [3.8, 4) is 0 Å². The predicted octanol–water partition coefficient (Wildman–Crippen LogP) is 2.66. The van der Waals surface area contributed by atoms with Gasteiger partial charge in [0.05, 0.1) is 6.54 Å². The van der Waals surface area contributed by atoms with Crippen molar-refractivity contribution in [2.45, 2.75) is 39.2 Å². The van der Waals surface area contributed by atoms with Gasteiger partial charge in [0.15, 0.2) is 5.96 Å². The van der Waals surface area contributed by atoms with Crippen LogP contribution in [0.5, 0.6) is 0 Å². The SMILES string of the molecule is CCNC(=NCCN1CCCCC1C)N1CCN(c2ccccn2)CC1.I. The van der Waals surface area contributed by atoms with Gasteiger partial charge in [-0.25, -0.2) is 4.98 Å². The summed E-state index contributed by atoms with van der Waals surface area (Å²) in [4.78, 5) is 16.7. The Kier molecular flexibility index (Phi) is 9.61. The quantitative estimate of drug-likeness (QED) is 0.394. The summed E-state index contributed by atoms with van der Waals surface area (Å²) < 4.78 is 0. The van der Waals surface area contributed by atoms with Crippen molar-refractivity contribution < 1.29 is 0 Å². The number of piperazine rings is 1. The lowest BCUT2D eigenvalue weighted by Crippen LogP contribution is -2.53. The molecule has 1 aromatic heterocycles. The van der Waals surface area contributed by atoms with E-state index in [-0.39, 0.29) is 24.0 Å². The van der Waals surface area contributed by atoms with Crippen molar-refractivity contribution in [3.63, 3.8) is 0 Å². The maximum absolute atomic E-state index is 4.92. The predicted molar refractivity (Wildman–Crippen MR) is 124 cm³/mol. The third-order valence-electron chi connectivity index (χ3n) is 5.48. The van der Waals surface area contributed by atoms with Crippen LogP contribution in [0.25, 0.3) is 0 Å². The van der Waals surface area contributed by atoms with Crippen molar-refractivity contribution in [3.05, 3.63) is 24.4 Å². The van der Waals surface area contributed by atoms with Crippen LogP contribution in [0.1, 0.15) is 33.1 Å². The number of guanidine groups is 1. The van der Waals surface area contributed by atoms with E-state index in [1.807, 2.05) is 12.3 Å². The van der Waals surface area contributed by atoms with E-state index in [4.69, 9.17) is 4.99 Å². The van der Waals surface area contributed by atoms with E-state index in [1.54, 1.807) is 0 Å². The molecule has 2 saturated heterocycles. The minimum absolute atomic E-state index is 0. The summed E-state index contributed by atoms with van der Waals surface area (Å²) in [6.07, 6.45) is 5.92. The van der Waals surface area contributed by atoms with Crippen LogP contribution in [0, 0.1) is 0 Å². The molecule has 6 nitrogen and oxygen atoms in total. The van der Waals surface area contributed by atoms with Crippen LogP contribution in [0.3, 0.4) is 0 Å². The van der Waals surface area contributed by atoms with E-state index in [2.05, 4.69) is 51.0 Å². The first kappa shape index (κ1) is 22.2. The number of halogens is 1. The van der Waals surface area contributed by atoms with Gasteiger partial charge in [-0.1, -0.05) is 12.5 Å². The number of aromatic nitrogens is 1. The zero-order chi connectivity index (χ0) is 18.2. The average Bonchev–Trinajstić information content (AvgIpc) is 2.69. The summed E-state index contributed by atoms with van der Waals surface area (Å²) >= 11 is 0. The largest absolute Gasteiger partial charge is 0.357 e. The van der Waals surface area contributed by atoms with Gasteiger partial charge < -0.3 is 15.1 Å². The van der Waals surface area contributed by atoms with Crippen LogP contribution in [-0.2, 0) is 0 Å². The second-order valence-electron chi connectivity index (χ2n) is 7.28. The molecule has 3 heterocycles. The third-order valence-corrected chi connectivity index (χ3v) is 5.48. The molecule has 2 fully saturated rings. The van der Waals surface area contributed by atoms with Crippen molar-refractivity contribution in [2.75, 3.05) is 57.3 Å². The molecule has 1 N–H and O–H groups in total. The molecule has 0 saturated carbocycles. The van der Waals surface area contributed by atoms with E-state index in [1.165, 1.54) is 25.8 Å². The van der Waals surface area contributed by atoms with Crippen LogP contribution >= 0.6 is 24.0 Å². The van der Waals surface area contributed by atoms with E-state index >= 15 is 0 Å². The molecule has 1 aromatic rings. The summed E-state index contributed by atoms with van der Waals surface area (Å²) in [6, 6.07) is 6.83. The van der Waals surface area contributed by atoms with E-state index < -0.39 is 0 Å². The molecule has 7 heteroatoms. The standard InChI is InChI=1S/C20H34N6.HI/c1-3-21-20(23-11-13-24-12-7-5-8-18(24)2)26-16-14-25(15-17-26)19-9-4-6-10-22-19;/h4,6,9-10,18H,3,5,7-8,11-17H2,1-2H3,(H,21,23);1H. The molecular weight excluding hydrogens is 451 g/mol. The number of likely N-dealkylation sites (tertiary alicyclic amines) is 1. The highest BCUT2D eigenvalue weighted by Crippen LogP contribution is 2.16. The Morgan fingerprint density at radius 3 is 2.67 bits per heavy atom. The Morgan fingerprint density at radius 2 is 2.00 bits per heavy atom. The van der Waals surface area contributed by atoms with E-state index in [0.717, 1.165) is 57.6 Å². The number of pyridine rings is 1. The molecule has 2 aliphatic heterocycles. The minimum atomic E-state index is 0. The number of nitrogens with one attached hydrogen (secondary N) is 1. The number of hydrogen-bond donors (Lipinski definition) is 1. The molecule has 2 aliphatic rings. The minimum Gasteiger partial charge on any atom is -0.357 e. The Balaban J connectivity index is 0.00000261. The van der Waals surface area contributed by atoms with Crippen molar-refractivity contribution in [1.82, 2.24) is 20.1 Å². The van der Waals surface area contributed by atoms with Crippen LogP contribution in [-0.4, -0.2) is 79.1 Å². The second-order valence-corrected chi connectivity index (χ2v) is 7.28. The lowest BCUT2D eigenvalue weighted by Gasteiger charge is -2.37. The van der Waals surface area contributed by atoms with Gasteiger partial charge in [0.25, 0.3) is 0 Å². The van der Waals surface area contributed by atoms with Gasteiger partial charge in [0.2, 0.25) is 0 Å². The lowest BCUT2D eigenvalue weighted by molar-refractivity contribution is 0.165. The highest BCUT2D eigenvalue weighted by atomic mass is 127. The monoisotopic (exact) mass is 486 g/mol. The van der Waals surface area contributed by atoms with Gasteiger partial charge in [-0.2, -0.15) is 0 Å². The number of anilines is 1. The number of hydrogen-bond acceptors (Lipinski definition) is 4. The zero-order valence-electron chi connectivity index (χ0n) is 16.8. The molecule has 0 aromatic carbocycles. The van der Waals surface area contributed by atoms with Crippen LogP contribution in [0.2, 0.25) is 0 Å². The number of nitrogens with zero attached hydrogens (tertiary/aromatic N) is 5. The second kappa shape index (κ2) is 11.7. The summed E-state index contributed by atoms with van der Waals surface area (Å²) in [7, 11) is 0. The normalized spacial score (nSPS) is 21.7. The fraction of sp³-hybridized carbons (Fsp3) is 0.700. The molecule has 3 rings (SSSR count).